The number of hydrogen-bond donors (Lipinski definition) is 1. The topological polar surface area (TPSA) is 77.4 Å². The molecule has 1 aliphatic heterocycles. The molecular formula is C16H14N2O4. The molecule has 0 radical (unpaired) electrons. The largest absolute Gasteiger partial charge is 0.482 e. The Morgan fingerprint density at radius 1 is 1.27 bits per heavy atom. The zero-order valence-corrected chi connectivity index (χ0v) is 12.0. The van der Waals surface area contributed by atoms with Crippen LogP contribution in [0.3, 0.4) is 0 Å². The molecule has 0 saturated carbocycles. The van der Waals surface area contributed by atoms with Crippen LogP contribution in [0.5, 0.6) is 5.75 Å². The van der Waals surface area contributed by atoms with E-state index in [1.807, 2.05) is 0 Å². The molecule has 1 aliphatic rings. The van der Waals surface area contributed by atoms with Crippen molar-refractivity contribution >= 4 is 17.4 Å². The second kappa shape index (κ2) is 5.48. The normalized spacial score (nSPS) is 13.0. The minimum Gasteiger partial charge on any atom is -0.482 e. The first kappa shape index (κ1) is 14.1. The van der Waals surface area contributed by atoms with Crippen molar-refractivity contribution in [2.24, 2.45) is 0 Å². The highest BCUT2D eigenvalue weighted by atomic mass is 16.5. The first-order valence-electron chi connectivity index (χ1n) is 6.81. The summed E-state index contributed by atoms with van der Waals surface area (Å²) in [7, 11) is 0. The molecule has 1 amide bonds. The van der Waals surface area contributed by atoms with Crippen LogP contribution in [0.2, 0.25) is 0 Å². The Balaban J connectivity index is 1.88. The molecule has 0 atom stereocenters. The molecule has 6 heteroatoms. The number of pyridine rings is 1. The zero-order valence-electron chi connectivity index (χ0n) is 12.0. The summed E-state index contributed by atoms with van der Waals surface area (Å²) < 4.78 is 6.66. The fraction of sp³-hybridized carbons (Fsp3) is 0.188. The van der Waals surface area contributed by atoms with Crippen LogP contribution < -0.4 is 15.6 Å². The van der Waals surface area contributed by atoms with E-state index in [4.69, 9.17) is 4.74 Å². The predicted octanol–water partition coefficient (Wildman–Crippen LogP) is 1.37. The van der Waals surface area contributed by atoms with E-state index in [9.17, 15) is 14.4 Å². The Hall–Kier alpha value is -2.89. The van der Waals surface area contributed by atoms with Gasteiger partial charge in [0.25, 0.3) is 11.5 Å². The quantitative estimate of drug-likeness (QED) is 0.868. The lowest BCUT2D eigenvalue weighted by atomic mass is 10.1. The molecule has 0 spiro atoms. The first-order chi connectivity index (χ1) is 10.5. The number of ketones is 1. The fourth-order valence-corrected chi connectivity index (χ4v) is 2.32. The summed E-state index contributed by atoms with van der Waals surface area (Å²) in [6, 6.07) is 9.68. The number of amides is 1. The maximum absolute atomic E-state index is 12.4. The standard InChI is InChI=1S/C16H14N2O4/c1-10-3-2-4-16(21)18(10)8-13(19)11-5-6-14-12(7-11)17-15(20)9-22-14/h2-7H,8-9H2,1H3,(H,17,20). The summed E-state index contributed by atoms with van der Waals surface area (Å²) in [6.45, 7) is 1.70. The molecular weight excluding hydrogens is 284 g/mol. The lowest BCUT2D eigenvalue weighted by Gasteiger charge is -2.18. The molecule has 0 fully saturated rings. The summed E-state index contributed by atoms with van der Waals surface area (Å²) in [5.41, 5.74) is 1.39. The fourth-order valence-electron chi connectivity index (χ4n) is 2.32. The van der Waals surface area contributed by atoms with Crippen molar-refractivity contribution in [1.82, 2.24) is 4.57 Å². The second-order valence-corrected chi connectivity index (χ2v) is 5.06. The second-order valence-electron chi connectivity index (χ2n) is 5.06. The SMILES string of the molecule is Cc1cccc(=O)n1CC(=O)c1ccc2c(c1)NC(=O)CO2. The number of fused-ring (bicyclic) bond motifs is 1. The van der Waals surface area contributed by atoms with Gasteiger partial charge in [0.15, 0.2) is 12.4 Å². The molecule has 0 bridgehead atoms. The molecule has 1 aromatic heterocycles. The van der Waals surface area contributed by atoms with Crippen LogP contribution in [-0.4, -0.2) is 22.9 Å². The number of rotatable bonds is 3. The number of carbonyl (C=O) groups is 2. The van der Waals surface area contributed by atoms with Crippen molar-refractivity contribution in [3.63, 3.8) is 0 Å². The van der Waals surface area contributed by atoms with Gasteiger partial charge in [0.2, 0.25) is 0 Å². The van der Waals surface area contributed by atoms with E-state index in [-0.39, 0.29) is 30.4 Å². The lowest BCUT2D eigenvalue weighted by molar-refractivity contribution is -0.118. The van der Waals surface area contributed by atoms with E-state index in [1.165, 1.54) is 10.6 Å². The molecule has 6 nitrogen and oxygen atoms in total. The maximum atomic E-state index is 12.4. The van der Waals surface area contributed by atoms with Gasteiger partial charge in [-0.15, -0.1) is 0 Å². The number of nitrogens with one attached hydrogen (secondary N) is 1. The number of hydrogen-bond acceptors (Lipinski definition) is 4. The summed E-state index contributed by atoms with van der Waals surface area (Å²) in [5.74, 6) is 0.0652. The number of benzene rings is 1. The smallest absolute Gasteiger partial charge is 0.262 e. The van der Waals surface area contributed by atoms with Crippen molar-refractivity contribution in [3.05, 3.63) is 58.0 Å². The molecule has 1 N–H and O–H groups in total. The molecule has 0 saturated heterocycles. The van der Waals surface area contributed by atoms with Crippen LogP contribution in [0.4, 0.5) is 5.69 Å². The van der Waals surface area contributed by atoms with E-state index in [0.717, 1.165) is 5.69 Å². The van der Waals surface area contributed by atoms with Crippen LogP contribution in [0.25, 0.3) is 0 Å². The van der Waals surface area contributed by atoms with Gasteiger partial charge in [-0.2, -0.15) is 0 Å². The van der Waals surface area contributed by atoms with E-state index >= 15 is 0 Å². The highest BCUT2D eigenvalue weighted by Crippen LogP contribution is 2.28. The van der Waals surface area contributed by atoms with Gasteiger partial charge in [-0.05, 0) is 31.2 Å². The number of anilines is 1. The molecule has 3 rings (SSSR count). The van der Waals surface area contributed by atoms with Gasteiger partial charge >= 0.3 is 0 Å². The highest BCUT2D eigenvalue weighted by molar-refractivity contribution is 6.00. The van der Waals surface area contributed by atoms with Crippen LogP contribution >= 0.6 is 0 Å². The molecule has 0 unspecified atom stereocenters. The van der Waals surface area contributed by atoms with Crippen molar-refractivity contribution < 1.29 is 14.3 Å². The Morgan fingerprint density at radius 2 is 2.09 bits per heavy atom. The third-order valence-electron chi connectivity index (χ3n) is 3.50. The Morgan fingerprint density at radius 3 is 2.86 bits per heavy atom. The number of carbonyl (C=O) groups excluding carboxylic acids is 2. The molecule has 112 valence electrons. The summed E-state index contributed by atoms with van der Waals surface area (Å²) >= 11 is 0. The average Bonchev–Trinajstić information content (AvgIpc) is 2.50. The summed E-state index contributed by atoms with van der Waals surface area (Å²) in [6.07, 6.45) is 0. The number of aromatic nitrogens is 1. The third-order valence-corrected chi connectivity index (χ3v) is 3.50. The monoisotopic (exact) mass is 298 g/mol. The Labute approximate surface area is 126 Å². The number of aryl methyl sites for hydroxylation is 1. The van der Waals surface area contributed by atoms with Gasteiger partial charge in [0, 0.05) is 17.3 Å². The van der Waals surface area contributed by atoms with Crippen LogP contribution in [0.15, 0.2) is 41.2 Å². The van der Waals surface area contributed by atoms with Gasteiger partial charge in [0.05, 0.1) is 12.2 Å². The van der Waals surface area contributed by atoms with Gasteiger partial charge in [-0.1, -0.05) is 6.07 Å². The van der Waals surface area contributed by atoms with Gasteiger partial charge in [0.1, 0.15) is 5.75 Å². The van der Waals surface area contributed by atoms with E-state index in [0.29, 0.717) is 17.0 Å². The van der Waals surface area contributed by atoms with E-state index in [2.05, 4.69) is 5.32 Å². The Kier molecular flexibility index (Phi) is 3.50. The van der Waals surface area contributed by atoms with Crippen LogP contribution in [0.1, 0.15) is 16.1 Å². The Bertz CT molecular complexity index is 823. The lowest BCUT2D eigenvalue weighted by Crippen LogP contribution is -2.27. The molecule has 1 aromatic carbocycles. The minimum absolute atomic E-state index is 0.0289. The van der Waals surface area contributed by atoms with Gasteiger partial charge < -0.3 is 14.6 Å². The van der Waals surface area contributed by atoms with Gasteiger partial charge in [-0.3, -0.25) is 14.4 Å². The summed E-state index contributed by atoms with van der Waals surface area (Å²) in [5, 5.41) is 2.66. The molecule has 2 aromatic rings. The average molecular weight is 298 g/mol. The van der Waals surface area contributed by atoms with Gasteiger partial charge in [-0.25, -0.2) is 0 Å². The number of ether oxygens (including phenoxy) is 1. The number of nitrogens with zero attached hydrogens (tertiary/aromatic N) is 1. The predicted molar refractivity (Wildman–Crippen MR) is 80.3 cm³/mol. The van der Waals surface area contributed by atoms with Crippen molar-refractivity contribution in [1.29, 1.82) is 0 Å². The number of Topliss-reactive ketones (excluding diaryl/α,β-unsaturated/α-hetero) is 1. The van der Waals surface area contributed by atoms with Crippen LogP contribution in [0, 0.1) is 6.92 Å². The van der Waals surface area contributed by atoms with Crippen LogP contribution in [-0.2, 0) is 11.3 Å². The zero-order chi connectivity index (χ0) is 15.7. The first-order valence-corrected chi connectivity index (χ1v) is 6.81. The molecule has 0 aliphatic carbocycles. The molecule has 2 heterocycles. The van der Waals surface area contributed by atoms with E-state index < -0.39 is 0 Å². The van der Waals surface area contributed by atoms with Crippen molar-refractivity contribution in [2.45, 2.75) is 13.5 Å². The highest BCUT2D eigenvalue weighted by Gasteiger charge is 2.18. The van der Waals surface area contributed by atoms with Crippen molar-refractivity contribution in [3.8, 4) is 5.75 Å². The van der Waals surface area contributed by atoms with Crippen molar-refractivity contribution in [2.75, 3.05) is 11.9 Å². The third kappa shape index (κ3) is 2.63. The minimum atomic E-state index is -0.257. The summed E-state index contributed by atoms with van der Waals surface area (Å²) in [4.78, 5) is 35.5. The van der Waals surface area contributed by atoms with E-state index in [1.54, 1.807) is 37.3 Å². The molecule has 22 heavy (non-hydrogen) atoms. The maximum Gasteiger partial charge on any atom is 0.262 e.